The number of rotatable bonds is 10. The van der Waals surface area contributed by atoms with E-state index in [2.05, 4.69) is 20.8 Å². The van der Waals surface area contributed by atoms with Gasteiger partial charge in [0.05, 0.1) is 12.1 Å². The number of carbonyl (C=O) groups excluding carboxylic acids is 1. The summed E-state index contributed by atoms with van der Waals surface area (Å²) in [5.74, 6) is -1.12. The van der Waals surface area contributed by atoms with E-state index in [0.717, 1.165) is 0 Å². The van der Waals surface area contributed by atoms with Gasteiger partial charge in [0, 0.05) is 6.61 Å². The van der Waals surface area contributed by atoms with Gasteiger partial charge >= 0.3 is 12.0 Å². The Hall–Kier alpha value is -2.24. The van der Waals surface area contributed by atoms with Crippen LogP contribution in [-0.4, -0.2) is 56.2 Å². The lowest BCUT2D eigenvalue weighted by Gasteiger charge is -2.23. The van der Waals surface area contributed by atoms with Crippen LogP contribution in [0, 0.1) is 5.92 Å². The molecule has 1 aromatic rings. The predicted octanol–water partition coefficient (Wildman–Crippen LogP) is -0.328. The number of urea groups is 1. The maximum absolute atomic E-state index is 12.2. The summed E-state index contributed by atoms with van der Waals surface area (Å²) in [4.78, 5) is 27.4. The van der Waals surface area contributed by atoms with Crippen LogP contribution in [0.2, 0.25) is 0 Å². The van der Waals surface area contributed by atoms with E-state index >= 15 is 0 Å². The number of nitrogens with zero attached hydrogens (tertiary/aromatic N) is 2. The van der Waals surface area contributed by atoms with Gasteiger partial charge < -0.3 is 36.2 Å². The molecule has 11 nitrogen and oxygen atoms in total. The van der Waals surface area contributed by atoms with Gasteiger partial charge in [0.15, 0.2) is 11.9 Å². The lowest BCUT2D eigenvalue weighted by Crippen LogP contribution is -2.52. The van der Waals surface area contributed by atoms with Crippen molar-refractivity contribution in [2.24, 2.45) is 11.7 Å². The molecule has 1 heterocycles. The van der Waals surface area contributed by atoms with Gasteiger partial charge in [-0.15, -0.1) is 0 Å². The van der Waals surface area contributed by atoms with Crippen LogP contribution < -0.4 is 16.4 Å². The Morgan fingerprint density at radius 2 is 1.96 bits per heavy atom. The fraction of sp³-hybridized carbons (Fsp3) is 0.733. The smallest absolute Gasteiger partial charge is 0.328 e. The number of aliphatic hydroxyl groups excluding tert-OH is 2. The largest absolute Gasteiger partial charge is 0.480 e. The molecular formula is C15H27N5O6. The topological polar surface area (TPSA) is 184 Å². The number of aliphatic hydroxyl groups is 2. The molecule has 148 valence electrons. The minimum absolute atomic E-state index is 0.0991. The Balaban J connectivity index is 2.91. The van der Waals surface area contributed by atoms with Crippen LogP contribution in [0.15, 0.2) is 4.52 Å². The molecule has 0 aromatic carbocycles. The third-order valence-corrected chi connectivity index (χ3v) is 4.03. The van der Waals surface area contributed by atoms with E-state index in [1.807, 2.05) is 13.8 Å². The quantitative estimate of drug-likeness (QED) is 0.319. The van der Waals surface area contributed by atoms with E-state index in [1.54, 1.807) is 0 Å². The number of nitrogens with one attached hydrogen (secondary N) is 2. The van der Waals surface area contributed by atoms with E-state index in [4.69, 9.17) is 20.5 Å². The van der Waals surface area contributed by atoms with Crippen LogP contribution in [0.3, 0.4) is 0 Å². The van der Waals surface area contributed by atoms with Crippen molar-refractivity contribution in [2.75, 3.05) is 6.61 Å². The van der Waals surface area contributed by atoms with Crippen molar-refractivity contribution in [3.8, 4) is 0 Å². The van der Waals surface area contributed by atoms with Gasteiger partial charge in [0.25, 0.3) is 0 Å². The summed E-state index contributed by atoms with van der Waals surface area (Å²) in [6.07, 6.45) is -0.341. The number of hydrogen-bond acceptors (Lipinski definition) is 8. The number of carboxylic acid groups (broad SMARTS) is 1. The Labute approximate surface area is 151 Å². The first-order valence-corrected chi connectivity index (χ1v) is 8.39. The van der Waals surface area contributed by atoms with E-state index in [9.17, 15) is 14.7 Å². The number of aromatic nitrogens is 2. The molecule has 0 fully saturated rings. The monoisotopic (exact) mass is 373 g/mol. The molecule has 0 spiro atoms. The Morgan fingerprint density at radius 3 is 2.46 bits per heavy atom. The second-order valence-electron chi connectivity index (χ2n) is 6.15. The first kappa shape index (κ1) is 21.8. The second-order valence-corrected chi connectivity index (χ2v) is 6.15. The molecule has 2 amide bonds. The van der Waals surface area contributed by atoms with Crippen molar-refractivity contribution >= 4 is 12.0 Å². The van der Waals surface area contributed by atoms with Crippen molar-refractivity contribution in [3.05, 3.63) is 11.7 Å². The fourth-order valence-electron chi connectivity index (χ4n) is 2.19. The Morgan fingerprint density at radius 1 is 1.31 bits per heavy atom. The molecule has 26 heavy (non-hydrogen) atoms. The summed E-state index contributed by atoms with van der Waals surface area (Å²) < 4.78 is 5.19. The lowest BCUT2D eigenvalue weighted by atomic mass is 9.99. The number of hydrogen-bond donors (Lipinski definition) is 6. The average molecular weight is 373 g/mol. The van der Waals surface area contributed by atoms with E-state index in [1.165, 1.54) is 6.92 Å². The normalized spacial score (nSPS) is 17.0. The zero-order chi connectivity index (χ0) is 19.9. The summed E-state index contributed by atoms with van der Waals surface area (Å²) >= 11 is 0. The summed E-state index contributed by atoms with van der Waals surface area (Å²) in [6.45, 7) is 4.89. The van der Waals surface area contributed by atoms with Gasteiger partial charge in [-0.2, -0.15) is 4.98 Å². The SMILES string of the molecule is CCC(C)[C@H](NC(=O)N[C@H](C(=O)O)[C@@H](C)O)c1nc([C@@H](N)CCO)no1. The zero-order valence-corrected chi connectivity index (χ0v) is 15.0. The summed E-state index contributed by atoms with van der Waals surface area (Å²) in [5, 5.41) is 36.0. The third-order valence-electron chi connectivity index (χ3n) is 4.03. The standard InChI is InChI=1S/C15H27N5O6/c1-4-7(2)10(13-19-12(20-26-13)9(16)5-6-21)17-15(25)18-11(8(3)22)14(23)24/h7-11,21-22H,4-6,16H2,1-3H3,(H,23,24)(H2,17,18,25)/t7?,8-,9+,10+,11+/m1/s1. The lowest BCUT2D eigenvalue weighted by molar-refractivity contribution is -0.141. The number of carbonyl (C=O) groups is 2. The fourth-order valence-corrected chi connectivity index (χ4v) is 2.19. The van der Waals surface area contributed by atoms with E-state index in [0.29, 0.717) is 6.42 Å². The molecule has 1 unspecified atom stereocenters. The van der Waals surface area contributed by atoms with Gasteiger partial charge in [-0.1, -0.05) is 25.4 Å². The van der Waals surface area contributed by atoms with Crippen LogP contribution in [0.5, 0.6) is 0 Å². The maximum Gasteiger partial charge on any atom is 0.328 e. The highest BCUT2D eigenvalue weighted by molar-refractivity contribution is 5.83. The molecule has 5 atom stereocenters. The first-order chi connectivity index (χ1) is 12.2. The number of nitrogens with two attached hydrogens (primary N) is 1. The van der Waals surface area contributed by atoms with Crippen molar-refractivity contribution in [2.45, 2.75) is 57.8 Å². The van der Waals surface area contributed by atoms with Gasteiger partial charge in [-0.25, -0.2) is 9.59 Å². The Kier molecular flexibility index (Phi) is 8.42. The highest BCUT2D eigenvalue weighted by Gasteiger charge is 2.30. The van der Waals surface area contributed by atoms with Crippen molar-refractivity contribution < 1.29 is 29.4 Å². The van der Waals surface area contributed by atoms with Gasteiger partial charge in [0.2, 0.25) is 5.89 Å². The minimum atomic E-state index is -1.45. The second kappa shape index (κ2) is 10.0. The molecule has 0 saturated heterocycles. The van der Waals surface area contributed by atoms with Crippen molar-refractivity contribution in [1.29, 1.82) is 0 Å². The van der Waals surface area contributed by atoms with Crippen LogP contribution in [-0.2, 0) is 4.79 Å². The Bertz CT molecular complexity index is 593. The third kappa shape index (κ3) is 5.93. The molecular weight excluding hydrogens is 346 g/mol. The van der Waals surface area contributed by atoms with Crippen LogP contribution in [0.25, 0.3) is 0 Å². The van der Waals surface area contributed by atoms with Crippen molar-refractivity contribution in [1.82, 2.24) is 20.8 Å². The molecule has 0 aliphatic heterocycles. The highest BCUT2D eigenvalue weighted by atomic mass is 16.5. The summed E-state index contributed by atoms with van der Waals surface area (Å²) in [7, 11) is 0. The first-order valence-electron chi connectivity index (χ1n) is 8.39. The average Bonchev–Trinajstić information content (AvgIpc) is 3.06. The van der Waals surface area contributed by atoms with Crippen LogP contribution >= 0.6 is 0 Å². The van der Waals surface area contributed by atoms with E-state index < -0.39 is 36.2 Å². The molecule has 11 heteroatoms. The summed E-state index contributed by atoms with van der Waals surface area (Å²) in [5.41, 5.74) is 5.82. The molecule has 0 radical (unpaired) electrons. The number of amides is 2. The van der Waals surface area contributed by atoms with Crippen molar-refractivity contribution in [3.63, 3.8) is 0 Å². The van der Waals surface area contributed by atoms with Gasteiger partial charge in [-0.05, 0) is 19.3 Å². The predicted molar refractivity (Wildman–Crippen MR) is 89.9 cm³/mol. The maximum atomic E-state index is 12.2. The molecule has 1 aromatic heterocycles. The molecule has 0 saturated carbocycles. The molecule has 7 N–H and O–H groups in total. The van der Waals surface area contributed by atoms with Gasteiger partial charge in [0.1, 0.15) is 6.04 Å². The van der Waals surface area contributed by atoms with Gasteiger partial charge in [-0.3, -0.25) is 0 Å². The minimum Gasteiger partial charge on any atom is -0.480 e. The highest BCUT2D eigenvalue weighted by Crippen LogP contribution is 2.24. The number of carboxylic acids is 1. The zero-order valence-electron chi connectivity index (χ0n) is 15.0. The molecule has 0 aliphatic carbocycles. The van der Waals surface area contributed by atoms with Crippen LogP contribution in [0.4, 0.5) is 4.79 Å². The molecule has 0 aliphatic rings. The summed E-state index contributed by atoms with van der Waals surface area (Å²) in [6, 6.07) is -3.52. The molecule has 1 rings (SSSR count). The van der Waals surface area contributed by atoms with Crippen LogP contribution in [0.1, 0.15) is 57.4 Å². The molecule has 0 bridgehead atoms. The van der Waals surface area contributed by atoms with E-state index in [-0.39, 0.29) is 30.7 Å². The number of aliphatic carboxylic acids is 1.